The average molecular weight is 413 g/mol. The number of amides is 1. The quantitative estimate of drug-likeness (QED) is 0.397. The molecular formula is C24H20N4OS. The Labute approximate surface area is 178 Å². The first kappa shape index (κ1) is 18.5. The fourth-order valence-electron chi connectivity index (χ4n) is 3.68. The first-order valence-corrected chi connectivity index (χ1v) is 10.6. The molecule has 5 aromatic rings. The van der Waals surface area contributed by atoms with Crippen LogP contribution in [0.25, 0.3) is 15.9 Å². The van der Waals surface area contributed by atoms with E-state index in [2.05, 4.69) is 4.98 Å². The third-order valence-corrected chi connectivity index (χ3v) is 6.22. The predicted octanol–water partition coefficient (Wildman–Crippen LogP) is 5.41. The number of aryl methyl sites for hydroxylation is 2. The van der Waals surface area contributed by atoms with E-state index in [0.29, 0.717) is 23.1 Å². The van der Waals surface area contributed by atoms with Gasteiger partial charge >= 0.3 is 0 Å². The van der Waals surface area contributed by atoms with Crippen molar-refractivity contribution < 1.29 is 4.79 Å². The lowest BCUT2D eigenvalue weighted by atomic mass is 10.2. The van der Waals surface area contributed by atoms with E-state index in [1.807, 2.05) is 91.2 Å². The molecule has 0 saturated heterocycles. The summed E-state index contributed by atoms with van der Waals surface area (Å²) in [6, 6.07) is 21.9. The molecule has 148 valence electrons. The highest BCUT2D eigenvalue weighted by Gasteiger charge is 2.26. The average Bonchev–Trinajstić information content (AvgIpc) is 3.33. The van der Waals surface area contributed by atoms with Gasteiger partial charge in [0.2, 0.25) is 0 Å². The summed E-state index contributed by atoms with van der Waals surface area (Å²) in [5.41, 5.74) is 5.14. The van der Waals surface area contributed by atoms with Crippen molar-refractivity contribution in [2.24, 2.45) is 0 Å². The summed E-state index contributed by atoms with van der Waals surface area (Å²) in [5.74, 6) is -0.105. The van der Waals surface area contributed by atoms with Crippen LogP contribution in [0.15, 0.2) is 72.9 Å². The molecule has 0 N–H and O–H groups in total. The Morgan fingerprint density at radius 1 is 0.967 bits per heavy atom. The summed E-state index contributed by atoms with van der Waals surface area (Å²) in [5, 5.41) is 0.693. The number of anilines is 1. The van der Waals surface area contributed by atoms with Crippen LogP contribution in [0.5, 0.6) is 0 Å². The van der Waals surface area contributed by atoms with Gasteiger partial charge in [-0.25, -0.2) is 9.97 Å². The number of carbonyl (C=O) groups excluding carboxylic acids is 1. The number of hydrogen-bond donors (Lipinski definition) is 0. The lowest BCUT2D eigenvalue weighted by Gasteiger charge is -2.20. The van der Waals surface area contributed by atoms with E-state index >= 15 is 0 Å². The summed E-state index contributed by atoms with van der Waals surface area (Å²) >= 11 is 1.54. The van der Waals surface area contributed by atoms with Crippen molar-refractivity contribution in [3.05, 3.63) is 95.4 Å². The van der Waals surface area contributed by atoms with Gasteiger partial charge in [-0.05, 0) is 43.2 Å². The number of para-hydroxylation sites is 1. The minimum absolute atomic E-state index is 0.105. The summed E-state index contributed by atoms with van der Waals surface area (Å²) in [4.78, 5) is 25.0. The van der Waals surface area contributed by atoms with Gasteiger partial charge in [0, 0.05) is 6.20 Å². The van der Waals surface area contributed by atoms with E-state index in [-0.39, 0.29) is 5.91 Å². The zero-order valence-corrected chi connectivity index (χ0v) is 17.6. The third kappa shape index (κ3) is 3.15. The third-order valence-electron chi connectivity index (χ3n) is 5.18. The maximum absolute atomic E-state index is 13.8. The molecule has 2 aromatic carbocycles. The van der Waals surface area contributed by atoms with Crippen LogP contribution in [0, 0.1) is 13.8 Å². The Balaban J connectivity index is 1.66. The fourth-order valence-corrected chi connectivity index (χ4v) is 4.72. The molecule has 1 amide bonds. The number of aromatic nitrogens is 3. The molecule has 5 nitrogen and oxygen atoms in total. The Morgan fingerprint density at radius 2 is 1.77 bits per heavy atom. The molecule has 0 fully saturated rings. The van der Waals surface area contributed by atoms with Gasteiger partial charge in [0.1, 0.15) is 11.3 Å². The molecular weight excluding hydrogens is 392 g/mol. The van der Waals surface area contributed by atoms with Crippen molar-refractivity contribution in [2.75, 3.05) is 4.90 Å². The molecule has 3 aromatic heterocycles. The normalized spacial score (nSPS) is 11.3. The Kier molecular flexibility index (Phi) is 4.56. The standard InChI is InChI=1S/C24H20N4OS/c1-16-9-8-12-19-21(16)26-24(30-19)28(15-18-10-4-3-5-11-18)23(29)22-17(2)25-20-13-6-7-14-27(20)22/h3-14H,15H2,1-2H3. The molecule has 30 heavy (non-hydrogen) atoms. The van der Waals surface area contributed by atoms with Crippen LogP contribution in [0.2, 0.25) is 0 Å². The topological polar surface area (TPSA) is 50.5 Å². The van der Waals surface area contributed by atoms with Gasteiger partial charge in [0.25, 0.3) is 5.91 Å². The van der Waals surface area contributed by atoms with Gasteiger partial charge in [0.05, 0.1) is 22.5 Å². The number of rotatable bonds is 4. The molecule has 0 saturated carbocycles. The number of nitrogens with zero attached hydrogens (tertiary/aromatic N) is 4. The summed E-state index contributed by atoms with van der Waals surface area (Å²) in [6.07, 6.45) is 1.88. The zero-order chi connectivity index (χ0) is 20.7. The van der Waals surface area contributed by atoms with Gasteiger partial charge < -0.3 is 0 Å². The van der Waals surface area contributed by atoms with E-state index in [1.165, 1.54) is 11.3 Å². The second-order valence-corrected chi connectivity index (χ2v) is 8.28. The lowest BCUT2D eigenvalue weighted by Crippen LogP contribution is -2.31. The Bertz CT molecular complexity index is 1370. The highest BCUT2D eigenvalue weighted by atomic mass is 32.1. The maximum atomic E-state index is 13.8. The van der Waals surface area contributed by atoms with Crippen molar-refractivity contribution >= 4 is 38.2 Å². The number of benzene rings is 2. The van der Waals surface area contributed by atoms with Crippen LogP contribution in [0.3, 0.4) is 0 Å². The van der Waals surface area contributed by atoms with E-state index in [0.717, 1.165) is 27.0 Å². The van der Waals surface area contributed by atoms with Crippen LogP contribution >= 0.6 is 11.3 Å². The highest BCUT2D eigenvalue weighted by molar-refractivity contribution is 7.22. The highest BCUT2D eigenvalue weighted by Crippen LogP contribution is 2.32. The number of imidazole rings is 1. The Hall–Kier alpha value is -3.51. The maximum Gasteiger partial charge on any atom is 0.279 e. The van der Waals surface area contributed by atoms with Gasteiger partial charge in [0.15, 0.2) is 5.13 Å². The fraction of sp³-hybridized carbons (Fsp3) is 0.125. The molecule has 3 heterocycles. The van der Waals surface area contributed by atoms with Crippen molar-refractivity contribution in [2.45, 2.75) is 20.4 Å². The minimum atomic E-state index is -0.105. The smallest absolute Gasteiger partial charge is 0.279 e. The molecule has 0 bridgehead atoms. The van der Waals surface area contributed by atoms with Crippen LogP contribution in [0.1, 0.15) is 27.3 Å². The second kappa shape index (κ2) is 7.39. The molecule has 0 aliphatic carbocycles. The van der Waals surface area contributed by atoms with Crippen LogP contribution in [0.4, 0.5) is 5.13 Å². The second-order valence-electron chi connectivity index (χ2n) is 7.27. The van der Waals surface area contributed by atoms with Crippen LogP contribution in [-0.2, 0) is 6.54 Å². The number of thiazole rings is 1. The van der Waals surface area contributed by atoms with E-state index < -0.39 is 0 Å². The minimum Gasteiger partial charge on any atom is -0.295 e. The SMILES string of the molecule is Cc1nc2ccccn2c1C(=O)N(Cc1ccccc1)c1nc2c(C)cccc2s1. The van der Waals surface area contributed by atoms with E-state index in [9.17, 15) is 4.79 Å². The Morgan fingerprint density at radius 3 is 2.57 bits per heavy atom. The summed E-state index contributed by atoms with van der Waals surface area (Å²) < 4.78 is 2.93. The number of pyridine rings is 1. The van der Waals surface area contributed by atoms with Gasteiger partial charge in [-0.15, -0.1) is 0 Å². The molecule has 0 spiro atoms. The van der Waals surface area contributed by atoms with E-state index in [1.54, 1.807) is 4.90 Å². The summed E-state index contributed by atoms with van der Waals surface area (Å²) in [6.45, 7) is 4.37. The van der Waals surface area contributed by atoms with Gasteiger partial charge in [-0.1, -0.05) is 59.9 Å². The first-order chi connectivity index (χ1) is 14.6. The molecule has 0 aliphatic rings. The van der Waals surface area contributed by atoms with Crippen molar-refractivity contribution in [1.82, 2.24) is 14.4 Å². The van der Waals surface area contributed by atoms with E-state index in [4.69, 9.17) is 4.98 Å². The molecule has 0 aliphatic heterocycles. The lowest BCUT2D eigenvalue weighted by molar-refractivity contribution is 0.0979. The monoisotopic (exact) mass is 412 g/mol. The van der Waals surface area contributed by atoms with Crippen molar-refractivity contribution in [3.63, 3.8) is 0 Å². The molecule has 0 radical (unpaired) electrons. The van der Waals surface area contributed by atoms with Gasteiger partial charge in [-0.2, -0.15) is 0 Å². The van der Waals surface area contributed by atoms with Crippen LogP contribution in [-0.4, -0.2) is 20.3 Å². The molecule has 0 unspecified atom stereocenters. The number of hydrogen-bond acceptors (Lipinski definition) is 4. The largest absolute Gasteiger partial charge is 0.295 e. The predicted molar refractivity (Wildman–Crippen MR) is 121 cm³/mol. The van der Waals surface area contributed by atoms with Crippen molar-refractivity contribution in [3.8, 4) is 0 Å². The zero-order valence-electron chi connectivity index (χ0n) is 16.7. The summed E-state index contributed by atoms with van der Waals surface area (Å²) in [7, 11) is 0. The number of carbonyl (C=O) groups is 1. The molecule has 5 rings (SSSR count). The molecule has 6 heteroatoms. The number of fused-ring (bicyclic) bond motifs is 2. The first-order valence-electron chi connectivity index (χ1n) is 9.77. The molecule has 0 atom stereocenters. The van der Waals surface area contributed by atoms with Gasteiger partial charge in [-0.3, -0.25) is 14.1 Å². The van der Waals surface area contributed by atoms with Crippen LogP contribution < -0.4 is 4.90 Å². The van der Waals surface area contributed by atoms with Crippen molar-refractivity contribution in [1.29, 1.82) is 0 Å².